The van der Waals surface area contributed by atoms with E-state index >= 15 is 0 Å². The summed E-state index contributed by atoms with van der Waals surface area (Å²) in [4.78, 5) is 11.7. The van der Waals surface area contributed by atoms with Crippen LogP contribution in [0.3, 0.4) is 0 Å². The van der Waals surface area contributed by atoms with Crippen LogP contribution in [-0.4, -0.2) is 13.0 Å². The molecule has 84 valence electrons. The topological polar surface area (TPSA) is 29.1 Å². The van der Waals surface area contributed by atoms with Crippen LogP contribution in [0.1, 0.15) is 27.7 Å². The number of amides is 1. The Kier molecular flexibility index (Phi) is 6.43. The number of likely N-dealkylation sites (N-methyl/N-ethyl adjacent to an activating group) is 1. The monoisotopic (exact) mass is 207 g/mol. The first-order valence-corrected chi connectivity index (χ1v) is 5.30. The van der Waals surface area contributed by atoms with E-state index in [1.807, 2.05) is 38.2 Å². The number of hydrogen-bond acceptors (Lipinski definition) is 1. The first kappa shape index (κ1) is 13.7. The van der Waals surface area contributed by atoms with Crippen molar-refractivity contribution < 1.29 is 4.79 Å². The maximum absolute atomic E-state index is 11.7. The van der Waals surface area contributed by atoms with Gasteiger partial charge < -0.3 is 5.32 Å². The molecule has 0 aromatic heterocycles. The molecule has 15 heavy (non-hydrogen) atoms. The summed E-state index contributed by atoms with van der Waals surface area (Å²) >= 11 is 0. The molecule has 0 radical (unpaired) electrons. The molecule has 0 atom stereocenters. The molecule has 2 heteroatoms. The first-order chi connectivity index (χ1) is 7.08. The molecule has 0 saturated carbocycles. The van der Waals surface area contributed by atoms with Crippen molar-refractivity contribution in [2.75, 3.05) is 7.05 Å². The summed E-state index contributed by atoms with van der Waals surface area (Å²) < 4.78 is 0. The van der Waals surface area contributed by atoms with Crippen molar-refractivity contribution in [3.05, 3.63) is 35.5 Å². The maximum Gasteiger partial charge on any atom is 0.251 e. The Labute approximate surface area is 92.8 Å². The summed E-state index contributed by atoms with van der Waals surface area (Å²) in [5.41, 5.74) is 1.82. The minimum Gasteiger partial charge on any atom is -0.355 e. The fourth-order valence-electron chi connectivity index (χ4n) is 1.43. The molecule has 0 heterocycles. The average Bonchev–Trinajstić information content (AvgIpc) is 2.22. The Balaban J connectivity index is 5.19. The number of rotatable bonds is 4. The van der Waals surface area contributed by atoms with Crippen LogP contribution in [0.15, 0.2) is 35.5 Å². The Morgan fingerprint density at radius 2 is 1.87 bits per heavy atom. The summed E-state index contributed by atoms with van der Waals surface area (Å²) in [7, 11) is 1.65. The molecule has 0 unspecified atom stereocenters. The molecule has 0 saturated heterocycles. The molecule has 0 aromatic rings. The third-order valence-corrected chi connectivity index (χ3v) is 2.17. The second-order valence-electron chi connectivity index (χ2n) is 3.58. The van der Waals surface area contributed by atoms with Crippen LogP contribution in [-0.2, 0) is 4.79 Å². The van der Waals surface area contributed by atoms with Gasteiger partial charge in [0.1, 0.15) is 0 Å². The van der Waals surface area contributed by atoms with Gasteiger partial charge >= 0.3 is 0 Å². The van der Waals surface area contributed by atoms with Gasteiger partial charge in [0.05, 0.1) is 0 Å². The molecular weight excluding hydrogens is 186 g/mol. The molecule has 0 aliphatic rings. The van der Waals surface area contributed by atoms with Crippen LogP contribution in [0.25, 0.3) is 0 Å². The van der Waals surface area contributed by atoms with Gasteiger partial charge in [-0.25, -0.2) is 0 Å². The quantitative estimate of drug-likeness (QED) is 0.557. The predicted molar refractivity (Wildman–Crippen MR) is 65.6 cm³/mol. The lowest BCUT2D eigenvalue weighted by atomic mass is 9.94. The third-order valence-electron chi connectivity index (χ3n) is 2.17. The molecule has 1 amide bonds. The van der Waals surface area contributed by atoms with Crippen LogP contribution in [0.5, 0.6) is 0 Å². The van der Waals surface area contributed by atoms with E-state index in [2.05, 4.69) is 19.2 Å². The summed E-state index contributed by atoms with van der Waals surface area (Å²) in [5.74, 6) is 0.318. The lowest BCUT2D eigenvalue weighted by Crippen LogP contribution is -2.22. The molecule has 0 spiro atoms. The van der Waals surface area contributed by atoms with Crippen LogP contribution < -0.4 is 5.32 Å². The van der Waals surface area contributed by atoms with Gasteiger partial charge in [0.2, 0.25) is 0 Å². The van der Waals surface area contributed by atoms with Crippen molar-refractivity contribution >= 4 is 5.91 Å². The van der Waals surface area contributed by atoms with E-state index in [0.29, 0.717) is 5.92 Å². The summed E-state index contributed by atoms with van der Waals surface area (Å²) in [5, 5.41) is 2.66. The SMILES string of the molecule is C\C=C/C=C(C(=O)NC)\C(=C/C)C(C)C. The number of carbonyl (C=O) groups is 1. The first-order valence-electron chi connectivity index (χ1n) is 5.30. The Morgan fingerprint density at radius 1 is 1.27 bits per heavy atom. The summed E-state index contributed by atoms with van der Waals surface area (Å²) in [6, 6.07) is 0. The summed E-state index contributed by atoms with van der Waals surface area (Å²) in [6.45, 7) is 8.06. The van der Waals surface area contributed by atoms with Crippen molar-refractivity contribution in [1.82, 2.24) is 5.32 Å². The van der Waals surface area contributed by atoms with Crippen molar-refractivity contribution in [2.24, 2.45) is 5.92 Å². The fraction of sp³-hybridized carbons (Fsp3) is 0.462. The second-order valence-corrected chi connectivity index (χ2v) is 3.58. The van der Waals surface area contributed by atoms with Crippen molar-refractivity contribution in [1.29, 1.82) is 0 Å². The number of hydrogen-bond donors (Lipinski definition) is 1. The van der Waals surface area contributed by atoms with Crippen LogP contribution >= 0.6 is 0 Å². The Hall–Kier alpha value is -1.31. The normalized spacial score (nSPS) is 13.7. The molecular formula is C13H21NO. The lowest BCUT2D eigenvalue weighted by Gasteiger charge is -2.13. The van der Waals surface area contributed by atoms with Gasteiger partial charge in [0.25, 0.3) is 5.91 Å². The van der Waals surface area contributed by atoms with Gasteiger partial charge in [-0.1, -0.05) is 32.1 Å². The van der Waals surface area contributed by atoms with Crippen LogP contribution in [0.4, 0.5) is 0 Å². The highest BCUT2D eigenvalue weighted by Crippen LogP contribution is 2.19. The minimum absolute atomic E-state index is 0.0325. The molecule has 0 rings (SSSR count). The molecule has 0 aliphatic carbocycles. The van der Waals surface area contributed by atoms with Crippen molar-refractivity contribution in [2.45, 2.75) is 27.7 Å². The fourth-order valence-corrected chi connectivity index (χ4v) is 1.43. The van der Waals surface area contributed by atoms with Gasteiger partial charge in [-0.2, -0.15) is 0 Å². The Morgan fingerprint density at radius 3 is 2.20 bits per heavy atom. The van der Waals surface area contributed by atoms with E-state index in [9.17, 15) is 4.79 Å². The highest BCUT2D eigenvalue weighted by Gasteiger charge is 2.14. The lowest BCUT2D eigenvalue weighted by molar-refractivity contribution is -0.116. The number of carbonyl (C=O) groups excluding carboxylic acids is 1. The molecule has 0 bridgehead atoms. The summed E-state index contributed by atoms with van der Waals surface area (Å²) in [6.07, 6.45) is 7.65. The standard InChI is InChI=1S/C13H21NO/c1-6-8-9-12(13(15)14-5)11(7-2)10(3)4/h6-10H,1-5H3,(H,14,15)/b8-6-,11-7-,12-9+. The van der Waals surface area contributed by atoms with E-state index in [-0.39, 0.29) is 5.91 Å². The zero-order valence-electron chi connectivity index (χ0n) is 10.3. The molecule has 1 N–H and O–H groups in total. The van der Waals surface area contributed by atoms with E-state index in [0.717, 1.165) is 11.1 Å². The van der Waals surface area contributed by atoms with E-state index in [1.165, 1.54) is 0 Å². The van der Waals surface area contributed by atoms with Crippen molar-refractivity contribution in [3.8, 4) is 0 Å². The number of allylic oxidation sites excluding steroid dienone is 4. The zero-order valence-corrected chi connectivity index (χ0v) is 10.3. The van der Waals surface area contributed by atoms with E-state index in [4.69, 9.17) is 0 Å². The predicted octanol–water partition coefficient (Wildman–Crippen LogP) is 2.84. The largest absolute Gasteiger partial charge is 0.355 e. The maximum atomic E-state index is 11.7. The van der Waals surface area contributed by atoms with E-state index < -0.39 is 0 Å². The smallest absolute Gasteiger partial charge is 0.251 e. The van der Waals surface area contributed by atoms with Crippen LogP contribution in [0, 0.1) is 5.92 Å². The molecule has 0 aliphatic heterocycles. The van der Waals surface area contributed by atoms with Gasteiger partial charge in [-0.3, -0.25) is 4.79 Å². The average molecular weight is 207 g/mol. The van der Waals surface area contributed by atoms with Crippen LogP contribution in [0.2, 0.25) is 0 Å². The number of nitrogens with one attached hydrogen (secondary N) is 1. The molecule has 2 nitrogen and oxygen atoms in total. The minimum atomic E-state index is -0.0325. The second kappa shape index (κ2) is 7.04. The Bertz CT molecular complexity index is 296. The molecule has 0 aromatic carbocycles. The van der Waals surface area contributed by atoms with E-state index in [1.54, 1.807) is 7.05 Å². The van der Waals surface area contributed by atoms with Gasteiger partial charge in [0, 0.05) is 12.6 Å². The zero-order chi connectivity index (χ0) is 11.8. The van der Waals surface area contributed by atoms with Gasteiger partial charge in [-0.15, -0.1) is 0 Å². The van der Waals surface area contributed by atoms with Gasteiger partial charge in [-0.05, 0) is 31.4 Å². The highest BCUT2D eigenvalue weighted by atomic mass is 16.1. The van der Waals surface area contributed by atoms with Gasteiger partial charge in [0.15, 0.2) is 0 Å². The van der Waals surface area contributed by atoms with Crippen molar-refractivity contribution in [3.63, 3.8) is 0 Å². The highest BCUT2D eigenvalue weighted by molar-refractivity contribution is 5.98. The molecule has 0 fully saturated rings. The third kappa shape index (κ3) is 4.15.